The van der Waals surface area contributed by atoms with Gasteiger partial charge >= 0.3 is 0 Å². The molecular weight excluding hydrogens is 1690 g/mol. The predicted molar refractivity (Wildman–Crippen MR) is 585 cm³/mol. The minimum absolute atomic E-state index is 0.683. The molecule has 6 heteroatoms. The Hall–Kier alpha value is -12.8. The summed E-state index contributed by atoms with van der Waals surface area (Å²) in [6.45, 7) is 9.30. The Morgan fingerprint density at radius 2 is 0.449 bits per heavy atom. The number of nitrogens with zero attached hydrogens (tertiary/aromatic N) is 3. The van der Waals surface area contributed by atoms with Crippen molar-refractivity contribution in [1.82, 2.24) is 0 Å². The lowest BCUT2D eigenvalue weighted by Crippen LogP contribution is -2.74. The molecule has 3 aromatic heterocycles. The Kier molecular flexibility index (Phi) is 27.4. The number of aryl methyl sites for hydroxylation is 5. The van der Waals surface area contributed by atoms with Gasteiger partial charge in [0.25, 0.3) is 0 Å². The van der Waals surface area contributed by atoms with Crippen LogP contribution in [0, 0.1) is 27.7 Å². The molecule has 3 nitrogen and oxygen atoms in total. The quantitative estimate of drug-likeness (QED) is 0.0434. The highest BCUT2D eigenvalue weighted by Crippen LogP contribution is 2.45. The van der Waals surface area contributed by atoms with Crippen LogP contribution in [0.15, 0.2) is 407 Å². The minimum Gasteiger partial charge on any atom is -0.200 e. The van der Waals surface area contributed by atoms with Crippen molar-refractivity contribution in [2.75, 3.05) is 0 Å². The maximum Gasteiger partial charge on any atom is 0.220 e. The Bertz CT molecular complexity index is 6880. The minimum atomic E-state index is -2.61. The zero-order valence-corrected chi connectivity index (χ0v) is 84.0. The second-order valence-corrected chi connectivity index (χ2v) is 51.4. The highest BCUT2D eigenvalue weighted by Gasteiger charge is 2.46. The molecule has 0 N–H and O–H groups in total. The van der Waals surface area contributed by atoms with Gasteiger partial charge < -0.3 is 0 Å². The number of benzene rings is 15. The number of hydrogen-bond acceptors (Lipinski definition) is 0. The van der Waals surface area contributed by atoms with Crippen LogP contribution in [0.5, 0.6) is 0 Å². The second kappa shape index (κ2) is 41.0. The van der Waals surface area contributed by atoms with Crippen molar-refractivity contribution < 1.29 is 13.7 Å². The average Bonchev–Trinajstić information content (AvgIpc) is 0.731. The molecule has 136 heavy (non-hydrogen) atoms. The highest BCUT2D eigenvalue weighted by atomic mass is 28.3. The third-order valence-corrected chi connectivity index (χ3v) is 46.4. The molecule has 15 aromatic carbocycles. The largest absolute Gasteiger partial charge is 0.220 e. The molecule has 676 valence electrons. The van der Waals surface area contributed by atoms with Crippen LogP contribution in [0.4, 0.5) is 0 Å². The summed E-state index contributed by atoms with van der Waals surface area (Å²) in [5, 5.41) is 24.9. The van der Waals surface area contributed by atoms with Crippen LogP contribution < -0.4 is 75.9 Å². The monoisotopic (exact) mass is 1820 g/mol. The van der Waals surface area contributed by atoms with E-state index in [1.165, 1.54) is 290 Å². The predicted octanol–water partition coefficient (Wildman–Crippen LogP) is 23.6. The van der Waals surface area contributed by atoms with Crippen LogP contribution >= 0.6 is 0 Å². The van der Waals surface area contributed by atoms with Crippen molar-refractivity contribution >= 4 is 119 Å². The standard InChI is InChI=1S/C47H50NSi.C42H42NSi.C41H40NSi/c1-35-45(37-20-10-4-11-21-37)33-39(36-18-8-3-9-19-36)34-46(35)47-44-29-28-43(32-38(44)30-31-48(47)2)49(40-22-12-5-13-23-40,41-24-14-6-15-25-41)42-26-16-7-17-27-42;1-31-28-35(33-16-8-4-9-17-33)30-41(32(31)2)42-40-25-24-39(29-34(40)26-27-43(42)3)44(36-18-10-5-11-19-36,37-20-12-6-13-21-37)38-22-14-7-15-23-38;1-31-23-24-33(32-15-7-3-8-16-32)30-40(31)41-39-26-25-38(29-34(39)27-28-42(41)2)43(35-17-9-4-10-18-35,36-19-11-5-12-20-36)37-21-13-6-14-22-37/h5-7,12-17,22-34,36-37H,3-4,8-11,18-21H2,1-2H3;5-7,10-15,18-30,33H,4,8-9,16-17H2,1-3H3;4-6,9-14,17-30,32H,3,7-8,15-16H2,1-2H3/q3*+1. The molecule has 0 aliphatic heterocycles. The fraction of sp³-hybridized carbons (Fsp3) is 0.238. The van der Waals surface area contributed by atoms with Crippen molar-refractivity contribution in [2.24, 2.45) is 21.1 Å². The Labute approximate surface area is 812 Å². The van der Waals surface area contributed by atoms with E-state index < -0.39 is 24.2 Å². The third-order valence-electron chi connectivity index (χ3n) is 32.0. The van der Waals surface area contributed by atoms with E-state index in [1.807, 2.05) is 0 Å². The molecule has 4 fully saturated rings. The zero-order chi connectivity index (χ0) is 92.5. The average molecular weight is 1820 g/mol. The van der Waals surface area contributed by atoms with Crippen molar-refractivity contribution in [2.45, 2.75) is 180 Å². The van der Waals surface area contributed by atoms with Crippen LogP contribution in [0.3, 0.4) is 0 Å². The lowest BCUT2D eigenvalue weighted by molar-refractivity contribution is -0.659. The van der Waals surface area contributed by atoms with Gasteiger partial charge in [-0.3, -0.25) is 0 Å². The topological polar surface area (TPSA) is 11.6 Å². The maximum absolute atomic E-state index is 2.66. The summed E-state index contributed by atoms with van der Waals surface area (Å²) in [4.78, 5) is 0. The number of hydrogen-bond donors (Lipinski definition) is 0. The van der Waals surface area contributed by atoms with Crippen molar-refractivity contribution in [1.29, 1.82) is 0 Å². The van der Waals surface area contributed by atoms with Gasteiger partial charge in [0.1, 0.15) is 21.1 Å². The van der Waals surface area contributed by atoms with Gasteiger partial charge in [-0.1, -0.05) is 411 Å². The van der Waals surface area contributed by atoms with Gasteiger partial charge in [0.15, 0.2) is 42.8 Å². The van der Waals surface area contributed by atoms with Crippen LogP contribution in [-0.4, -0.2) is 24.2 Å². The van der Waals surface area contributed by atoms with E-state index in [-0.39, 0.29) is 0 Å². The van der Waals surface area contributed by atoms with Crippen LogP contribution in [0.2, 0.25) is 0 Å². The molecule has 0 bridgehead atoms. The molecule has 4 saturated carbocycles. The lowest BCUT2D eigenvalue weighted by Gasteiger charge is -2.34. The molecule has 22 rings (SSSR count). The van der Waals surface area contributed by atoms with Crippen molar-refractivity contribution in [3.63, 3.8) is 0 Å². The third kappa shape index (κ3) is 17.7. The van der Waals surface area contributed by atoms with Gasteiger partial charge in [-0.2, -0.15) is 0 Å². The van der Waals surface area contributed by atoms with Gasteiger partial charge in [0, 0.05) is 23.8 Å². The van der Waals surface area contributed by atoms with Gasteiger partial charge in [-0.05, 0) is 262 Å². The maximum atomic E-state index is 2.66. The molecule has 0 saturated heterocycles. The summed E-state index contributed by atoms with van der Waals surface area (Å²) in [5.74, 6) is 2.76. The molecule has 0 atom stereocenters. The van der Waals surface area contributed by atoms with Gasteiger partial charge in [-0.15, -0.1) is 0 Å². The van der Waals surface area contributed by atoms with Crippen molar-refractivity contribution in [3.05, 3.63) is 451 Å². The summed E-state index contributed by atoms with van der Waals surface area (Å²) < 4.78 is 7.06. The molecule has 18 aromatic rings. The molecule has 0 radical (unpaired) electrons. The SMILES string of the molecule is Cc1c(-c2c3ccc([Si](c4ccccc4)(c4ccccc4)c4ccccc4)cc3cc[n+]2C)cc(C2CCCCC2)cc1C1CCCCC1.Cc1cc(C2CCCCC2)cc(-c2c3ccc([Si](c4ccccc4)(c4ccccc4)c4ccccc4)cc3cc[n+]2C)c1C.Cc1ccc(C2CCCCC2)cc1-c1c2ccc([Si](c3ccccc3)(c3ccccc3)c3ccccc3)cc2cc[n+]1C. The molecule has 4 aliphatic rings. The Balaban J connectivity index is 0.000000127. The van der Waals surface area contributed by atoms with Crippen molar-refractivity contribution in [3.8, 4) is 33.8 Å². The fourth-order valence-electron chi connectivity index (χ4n) is 24.9. The molecule has 4 aliphatic carbocycles. The van der Waals surface area contributed by atoms with Crippen LogP contribution in [0.1, 0.15) is 197 Å². The van der Waals surface area contributed by atoms with Gasteiger partial charge in [0.2, 0.25) is 17.1 Å². The molecule has 0 spiro atoms. The first kappa shape index (κ1) is 91.0. The van der Waals surface area contributed by atoms with Crippen LogP contribution in [0.25, 0.3) is 66.1 Å². The van der Waals surface area contributed by atoms with E-state index in [1.54, 1.807) is 11.1 Å². The first-order chi connectivity index (χ1) is 66.9. The summed E-state index contributed by atoms with van der Waals surface area (Å²) in [6, 6.07) is 148. The summed E-state index contributed by atoms with van der Waals surface area (Å²) in [6.07, 6.45) is 33.9. The van der Waals surface area contributed by atoms with Crippen LogP contribution in [-0.2, 0) is 21.1 Å². The number of pyridine rings is 3. The van der Waals surface area contributed by atoms with Gasteiger partial charge in [-0.25, -0.2) is 13.7 Å². The lowest BCUT2D eigenvalue weighted by atomic mass is 9.76. The summed E-state index contributed by atoms with van der Waals surface area (Å²) in [7, 11) is -1.10. The molecular formula is C130H132N3Si3+3. The number of aromatic nitrogens is 3. The Morgan fingerprint density at radius 3 is 0.743 bits per heavy atom. The second-order valence-electron chi connectivity index (χ2n) is 40.0. The number of fused-ring (bicyclic) bond motifs is 3. The Morgan fingerprint density at radius 1 is 0.199 bits per heavy atom. The van der Waals surface area contributed by atoms with E-state index in [9.17, 15) is 0 Å². The van der Waals surface area contributed by atoms with Gasteiger partial charge in [0.05, 0.1) is 27.3 Å². The fourth-order valence-corrected chi connectivity index (χ4v) is 39.3. The first-order valence-electron chi connectivity index (χ1n) is 51.0. The van der Waals surface area contributed by atoms with E-state index in [0.717, 1.165) is 0 Å². The normalized spacial score (nSPS) is 14.9. The highest BCUT2D eigenvalue weighted by molar-refractivity contribution is 7.21. The number of rotatable bonds is 19. The molecule has 0 amide bonds. The van der Waals surface area contributed by atoms with E-state index >= 15 is 0 Å². The van der Waals surface area contributed by atoms with E-state index in [2.05, 4.69) is 469 Å². The smallest absolute Gasteiger partial charge is 0.200 e. The zero-order valence-electron chi connectivity index (χ0n) is 81.0. The molecule has 3 heterocycles. The first-order valence-corrected chi connectivity index (χ1v) is 57.0. The van der Waals surface area contributed by atoms with E-state index in [4.69, 9.17) is 0 Å². The summed E-state index contributed by atoms with van der Waals surface area (Å²) in [5.41, 5.74) is 20.1. The summed E-state index contributed by atoms with van der Waals surface area (Å²) >= 11 is 0. The molecule has 0 unspecified atom stereocenters. The van der Waals surface area contributed by atoms with E-state index in [0.29, 0.717) is 23.7 Å².